The van der Waals surface area contributed by atoms with Crippen LogP contribution in [0.4, 0.5) is 0 Å². The number of nitrogens with two attached hydrogens (primary N) is 1. The summed E-state index contributed by atoms with van der Waals surface area (Å²) < 4.78 is 4.75. The van der Waals surface area contributed by atoms with Crippen LogP contribution in [0.15, 0.2) is 0 Å². The molecule has 90 valence electrons. The Balaban J connectivity index is 2.86. The Morgan fingerprint density at radius 3 is 2.81 bits per heavy atom. The van der Waals surface area contributed by atoms with Gasteiger partial charge in [0, 0.05) is 6.42 Å². The molecule has 0 saturated carbocycles. The summed E-state index contributed by atoms with van der Waals surface area (Å²) in [6.07, 6.45) is 3.54. The van der Waals surface area contributed by atoms with Gasteiger partial charge in [0.2, 0.25) is 0 Å². The molecule has 1 aromatic rings. The van der Waals surface area contributed by atoms with Crippen LogP contribution >= 0.6 is 11.3 Å². The number of hydrogen-bond donors (Lipinski definition) is 1. The molecule has 0 aliphatic rings. The summed E-state index contributed by atoms with van der Waals surface area (Å²) >= 11 is 1.43. The fourth-order valence-electron chi connectivity index (χ4n) is 1.42. The van der Waals surface area contributed by atoms with Crippen molar-refractivity contribution in [1.29, 1.82) is 0 Å². The number of esters is 1. The second kappa shape index (κ2) is 6.60. The monoisotopic (exact) mass is 242 g/mol. The molecule has 0 unspecified atom stereocenters. The van der Waals surface area contributed by atoms with Crippen molar-refractivity contribution in [3.05, 3.63) is 15.6 Å². The molecule has 0 bridgehead atoms. The molecule has 4 nitrogen and oxygen atoms in total. The van der Waals surface area contributed by atoms with Crippen LogP contribution in [0.3, 0.4) is 0 Å². The van der Waals surface area contributed by atoms with Gasteiger partial charge in [0.05, 0.1) is 17.8 Å². The van der Waals surface area contributed by atoms with E-state index in [9.17, 15) is 4.79 Å². The zero-order valence-electron chi connectivity index (χ0n) is 9.78. The average Bonchev–Trinajstić information content (AvgIpc) is 2.69. The summed E-state index contributed by atoms with van der Waals surface area (Å²) in [7, 11) is 1.40. The van der Waals surface area contributed by atoms with Gasteiger partial charge in [-0.05, 0) is 19.4 Å². The van der Waals surface area contributed by atoms with Crippen LogP contribution in [-0.4, -0.2) is 24.6 Å². The summed E-state index contributed by atoms with van der Waals surface area (Å²) in [6.45, 7) is 2.72. The highest BCUT2D eigenvalue weighted by atomic mass is 32.1. The van der Waals surface area contributed by atoms with E-state index in [0.717, 1.165) is 36.4 Å². The predicted octanol–water partition coefficient (Wildman–Crippen LogP) is 1.77. The quantitative estimate of drug-likeness (QED) is 0.772. The van der Waals surface area contributed by atoms with E-state index in [2.05, 4.69) is 11.9 Å². The second-order valence-corrected chi connectivity index (χ2v) is 4.60. The number of aromatic nitrogens is 1. The number of hydrogen-bond acceptors (Lipinski definition) is 5. The summed E-state index contributed by atoms with van der Waals surface area (Å²) in [5, 5.41) is 0.981. The van der Waals surface area contributed by atoms with Gasteiger partial charge in [-0.1, -0.05) is 13.3 Å². The van der Waals surface area contributed by atoms with Crippen LogP contribution in [-0.2, 0) is 17.6 Å². The fraction of sp³-hybridized carbons (Fsp3) is 0.636. The second-order valence-electron chi connectivity index (χ2n) is 3.52. The first-order valence-electron chi connectivity index (χ1n) is 5.49. The molecule has 1 rings (SSSR count). The lowest BCUT2D eigenvalue weighted by atomic mass is 10.2. The number of ether oxygens (including phenoxy) is 1. The molecule has 16 heavy (non-hydrogen) atoms. The van der Waals surface area contributed by atoms with E-state index < -0.39 is 0 Å². The summed E-state index contributed by atoms with van der Waals surface area (Å²) in [6, 6.07) is 0. The first-order valence-corrected chi connectivity index (χ1v) is 6.31. The first-order chi connectivity index (χ1) is 7.72. The molecule has 2 N–H and O–H groups in total. The third-order valence-corrected chi connectivity index (χ3v) is 3.33. The van der Waals surface area contributed by atoms with Gasteiger partial charge in [-0.25, -0.2) is 9.78 Å². The average molecular weight is 242 g/mol. The lowest BCUT2D eigenvalue weighted by molar-refractivity contribution is 0.0605. The largest absolute Gasteiger partial charge is 0.465 e. The van der Waals surface area contributed by atoms with E-state index >= 15 is 0 Å². The Hall–Kier alpha value is -0.940. The highest BCUT2D eigenvalue weighted by molar-refractivity contribution is 7.13. The van der Waals surface area contributed by atoms with E-state index in [0.29, 0.717) is 11.4 Å². The zero-order chi connectivity index (χ0) is 12.0. The number of aryl methyl sites for hydroxylation is 2. The number of carbonyl (C=O) groups excluding carboxylic acids is 1. The lowest BCUT2D eigenvalue weighted by Crippen LogP contribution is -2.02. The molecule has 0 aliphatic heterocycles. The van der Waals surface area contributed by atoms with Gasteiger partial charge in [-0.3, -0.25) is 0 Å². The minimum absolute atomic E-state index is 0.278. The molecule has 1 heterocycles. The molecule has 0 radical (unpaired) electrons. The van der Waals surface area contributed by atoms with Crippen molar-refractivity contribution in [2.24, 2.45) is 5.73 Å². The lowest BCUT2D eigenvalue weighted by Gasteiger charge is -1.97. The van der Waals surface area contributed by atoms with Gasteiger partial charge in [-0.15, -0.1) is 11.3 Å². The molecule has 0 aromatic carbocycles. The minimum Gasteiger partial charge on any atom is -0.465 e. The number of nitrogens with zero attached hydrogens (tertiary/aromatic N) is 1. The Morgan fingerprint density at radius 1 is 1.50 bits per heavy atom. The van der Waals surface area contributed by atoms with Crippen molar-refractivity contribution in [3.63, 3.8) is 0 Å². The highest BCUT2D eigenvalue weighted by Gasteiger charge is 2.17. The molecule has 0 fully saturated rings. The van der Waals surface area contributed by atoms with Gasteiger partial charge in [-0.2, -0.15) is 0 Å². The third kappa shape index (κ3) is 3.28. The van der Waals surface area contributed by atoms with E-state index in [1.165, 1.54) is 18.4 Å². The number of thiazole rings is 1. The van der Waals surface area contributed by atoms with Crippen LogP contribution < -0.4 is 5.73 Å². The Kier molecular flexibility index (Phi) is 5.42. The fourth-order valence-corrected chi connectivity index (χ4v) is 2.49. The predicted molar refractivity (Wildman–Crippen MR) is 64.8 cm³/mol. The zero-order valence-corrected chi connectivity index (χ0v) is 10.6. The van der Waals surface area contributed by atoms with Crippen LogP contribution in [0.5, 0.6) is 0 Å². The van der Waals surface area contributed by atoms with Crippen LogP contribution in [0.1, 0.15) is 40.1 Å². The van der Waals surface area contributed by atoms with E-state index in [1.54, 1.807) is 0 Å². The van der Waals surface area contributed by atoms with E-state index in [-0.39, 0.29) is 5.97 Å². The molecule has 0 amide bonds. The van der Waals surface area contributed by atoms with Crippen molar-refractivity contribution in [2.45, 2.75) is 32.6 Å². The molecular formula is C11H18N2O2S. The maximum Gasteiger partial charge on any atom is 0.349 e. The Morgan fingerprint density at radius 2 is 2.25 bits per heavy atom. The summed E-state index contributed by atoms with van der Waals surface area (Å²) in [5.74, 6) is -0.278. The number of carbonyl (C=O) groups is 1. The van der Waals surface area contributed by atoms with E-state index in [1.807, 2.05) is 0 Å². The van der Waals surface area contributed by atoms with Crippen molar-refractivity contribution < 1.29 is 9.53 Å². The van der Waals surface area contributed by atoms with Crippen molar-refractivity contribution in [1.82, 2.24) is 4.98 Å². The minimum atomic E-state index is -0.278. The highest BCUT2D eigenvalue weighted by Crippen LogP contribution is 2.22. The topological polar surface area (TPSA) is 65.2 Å². The summed E-state index contributed by atoms with van der Waals surface area (Å²) in [4.78, 5) is 16.6. The van der Waals surface area contributed by atoms with Crippen LogP contribution in [0.2, 0.25) is 0 Å². The third-order valence-electron chi connectivity index (χ3n) is 2.19. The molecule has 0 spiro atoms. The molecule has 0 aliphatic carbocycles. The Labute approximate surface area is 99.8 Å². The maximum absolute atomic E-state index is 11.5. The van der Waals surface area contributed by atoms with Gasteiger partial charge >= 0.3 is 5.97 Å². The smallest absolute Gasteiger partial charge is 0.349 e. The standard InChI is InChI=1S/C11H18N2O2S/c1-3-5-8-10(11(14)15-2)16-9(13-8)6-4-7-12/h3-7,12H2,1-2H3. The van der Waals surface area contributed by atoms with Gasteiger partial charge in [0.15, 0.2) is 0 Å². The van der Waals surface area contributed by atoms with Gasteiger partial charge in [0.1, 0.15) is 4.88 Å². The number of rotatable bonds is 6. The Bertz CT molecular complexity index is 350. The molecular weight excluding hydrogens is 224 g/mol. The molecule has 1 aromatic heterocycles. The van der Waals surface area contributed by atoms with E-state index in [4.69, 9.17) is 10.5 Å². The SMILES string of the molecule is CCCc1nc(CCCN)sc1C(=O)OC. The molecule has 5 heteroatoms. The van der Waals surface area contributed by atoms with Gasteiger partial charge in [0.25, 0.3) is 0 Å². The maximum atomic E-state index is 11.5. The van der Waals surface area contributed by atoms with Crippen molar-refractivity contribution >= 4 is 17.3 Å². The number of methoxy groups -OCH3 is 1. The molecule has 0 atom stereocenters. The van der Waals surface area contributed by atoms with Crippen LogP contribution in [0.25, 0.3) is 0 Å². The van der Waals surface area contributed by atoms with Gasteiger partial charge < -0.3 is 10.5 Å². The normalized spacial score (nSPS) is 10.4. The van der Waals surface area contributed by atoms with Crippen molar-refractivity contribution in [3.8, 4) is 0 Å². The summed E-state index contributed by atoms with van der Waals surface area (Å²) in [5.41, 5.74) is 6.32. The van der Waals surface area contributed by atoms with Crippen molar-refractivity contribution in [2.75, 3.05) is 13.7 Å². The molecule has 0 saturated heterocycles. The van der Waals surface area contributed by atoms with Crippen LogP contribution in [0, 0.1) is 0 Å². The first kappa shape index (κ1) is 13.1.